The van der Waals surface area contributed by atoms with Crippen LogP contribution in [0.1, 0.15) is 24.8 Å². The molecule has 18 heavy (non-hydrogen) atoms. The Morgan fingerprint density at radius 3 is 2.89 bits per heavy atom. The first-order valence-electron chi connectivity index (χ1n) is 6.06. The topological polar surface area (TPSA) is 64.3 Å². The van der Waals surface area contributed by atoms with Crippen molar-refractivity contribution in [2.45, 2.75) is 32.3 Å². The Bertz CT molecular complexity index is 433. The van der Waals surface area contributed by atoms with Crippen molar-refractivity contribution in [3.8, 4) is 0 Å². The standard InChI is InChI=1S/C13H17BrN2O2/c1-8-6-9(14)12(10(15)7-8)16-13(17)11-4-2-3-5-18-11/h6-7,11H,2-5,15H2,1H3,(H,16,17). The van der Waals surface area contributed by atoms with Crippen LogP contribution >= 0.6 is 15.9 Å². The van der Waals surface area contributed by atoms with Gasteiger partial charge in [-0.1, -0.05) is 0 Å². The first-order chi connectivity index (χ1) is 8.58. The van der Waals surface area contributed by atoms with Gasteiger partial charge >= 0.3 is 0 Å². The highest BCUT2D eigenvalue weighted by Crippen LogP contribution is 2.30. The maximum absolute atomic E-state index is 12.0. The van der Waals surface area contributed by atoms with Crippen molar-refractivity contribution in [1.82, 2.24) is 0 Å². The second kappa shape index (κ2) is 5.71. The van der Waals surface area contributed by atoms with Crippen LogP contribution in [0.5, 0.6) is 0 Å². The molecule has 0 aliphatic carbocycles. The maximum atomic E-state index is 12.0. The lowest BCUT2D eigenvalue weighted by Gasteiger charge is -2.22. The second-order valence-corrected chi connectivity index (χ2v) is 5.41. The highest BCUT2D eigenvalue weighted by atomic mass is 79.9. The number of ether oxygens (including phenoxy) is 1. The van der Waals surface area contributed by atoms with Gasteiger partial charge in [0.05, 0.1) is 11.4 Å². The van der Waals surface area contributed by atoms with Crippen LogP contribution < -0.4 is 11.1 Å². The van der Waals surface area contributed by atoms with Crippen LogP contribution in [-0.2, 0) is 9.53 Å². The SMILES string of the molecule is Cc1cc(N)c(NC(=O)C2CCCCO2)c(Br)c1. The van der Waals surface area contributed by atoms with Gasteiger partial charge in [0.15, 0.2) is 0 Å². The summed E-state index contributed by atoms with van der Waals surface area (Å²) in [5.74, 6) is -0.119. The Morgan fingerprint density at radius 1 is 1.50 bits per heavy atom. The van der Waals surface area contributed by atoms with Gasteiger partial charge in [-0.05, 0) is 59.8 Å². The minimum atomic E-state index is -0.355. The quantitative estimate of drug-likeness (QED) is 0.825. The molecule has 2 rings (SSSR count). The van der Waals surface area contributed by atoms with E-state index < -0.39 is 0 Å². The highest BCUT2D eigenvalue weighted by molar-refractivity contribution is 9.10. The maximum Gasteiger partial charge on any atom is 0.253 e. The number of hydrogen-bond acceptors (Lipinski definition) is 3. The number of rotatable bonds is 2. The molecule has 1 fully saturated rings. The van der Waals surface area contributed by atoms with Gasteiger partial charge in [0.2, 0.25) is 0 Å². The Hall–Kier alpha value is -1.07. The molecule has 1 aliphatic heterocycles. The average molecular weight is 313 g/mol. The molecule has 0 aromatic heterocycles. The fourth-order valence-electron chi connectivity index (χ4n) is 2.05. The number of hydrogen-bond donors (Lipinski definition) is 2. The molecule has 1 heterocycles. The molecule has 4 nitrogen and oxygen atoms in total. The van der Waals surface area contributed by atoms with Gasteiger partial charge in [-0.3, -0.25) is 4.79 Å². The molecule has 0 radical (unpaired) electrons. The average Bonchev–Trinajstić information content (AvgIpc) is 2.34. The Kier molecular flexibility index (Phi) is 4.24. The van der Waals surface area contributed by atoms with Gasteiger partial charge in [-0.15, -0.1) is 0 Å². The van der Waals surface area contributed by atoms with E-state index in [9.17, 15) is 4.79 Å². The summed E-state index contributed by atoms with van der Waals surface area (Å²) in [5, 5.41) is 2.84. The predicted octanol–water partition coefficient (Wildman–Crippen LogP) is 2.85. The molecule has 1 aromatic rings. The van der Waals surface area contributed by atoms with Gasteiger partial charge in [-0.25, -0.2) is 0 Å². The number of anilines is 2. The molecule has 0 spiro atoms. The third kappa shape index (κ3) is 3.03. The number of benzene rings is 1. The van der Waals surface area contributed by atoms with Crippen LogP contribution in [0.25, 0.3) is 0 Å². The number of nitrogens with two attached hydrogens (primary N) is 1. The molecule has 1 amide bonds. The van der Waals surface area contributed by atoms with Crippen molar-refractivity contribution in [3.63, 3.8) is 0 Å². The number of nitrogen functional groups attached to an aromatic ring is 1. The third-order valence-corrected chi connectivity index (χ3v) is 3.61. The zero-order valence-corrected chi connectivity index (χ0v) is 11.9. The van der Waals surface area contributed by atoms with Crippen LogP contribution in [0.15, 0.2) is 16.6 Å². The van der Waals surface area contributed by atoms with Crippen LogP contribution in [0, 0.1) is 6.92 Å². The summed E-state index contributed by atoms with van der Waals surface area (Å²) in [7, 11) is 0. The zero-order valence-electron chi connectivity index (χ0n) is 10.3. The van der Waals surface area contributed by atoms with E-state index in [0.29, 0.717) is 18.0 Å². The van der Waals surface area contributed by atoms with Crippen molar-refractivity contribution in [3.05, 3.63) is 22.2 Å². The number of halogens is 1. The van der Waals surface area contributed by atoms with Crippen molar-refractivity contribution >= 4 is 33.2 Å². The predicted molar refractivity (Wildman–Crippen MR) is 75.5 cm³/mol. The summed E-state index contributed by atoms with van der Waals surface area (Å²) < 4.78 is 6.24. The number of carbonyl (C=O) groups excluding carboxylic acids is 1. The molecule has 1 saturated heterocycles. The minimum absolute atomic E-state index is 0.119. The monoisotopic (exact) mass is 312 g/mol. The van der Waals surface area contributed by atoms with E-state index in [1.165, 1.54) is 0 Å². The van der Waals surface area contributed by atoms with Gasteiger partial charge < -0.3 is 15.8 Å². The summed E-state index contributed by atoms with van der Waals surface area (Å²) in [5.41, 5.74) is 8.15. The lowest BCUT2D eigenvalue weighted by Crippen LogP contribution is -2.33. The first-order valence-corrected chi connectivity index (χ1v) is 6.85. The zero-order chi connectivity index (χ0) is 13.1. The van der Waals surface area contributed by atoms with E-state index >= 15 is 0 Å². The Morgan fingerprint density at radius 2 is 2.28 bits per heavy atom. The first kappa shape index (κ1) is 13.4. The minimum Gasteiger partial charge on any atom is -0.397 e. The molecule has 1 aliphatic rings. The van der Waals surface area contributed by atoms with Gasteiger partial charge in [0, 0.05) is 11.1 Å². The van der Waals surface area contributed by atoms with Crippen LogP contribution in [-0.4, -0.2) is 18.6 Å². The largest absolute Gasteiger partial charge is 0.397 e. The second-order valence-electron chi connectivity index (χ2n) is 4.56. The van der Waals surface area contributed by atoms with Gasteiger partial charge in [0.25, 0.3) is 5.91 Å². The summed E-state index contributed by atoms with van der Waals surface area (Å²) in [6.07, 6.45) is 2.48. The summed E-state index contributed by atoms with van der Waals surface area (Å²) in [6, 6.07) is 3.76. The lowest BCUT2D eigenvalue weighted by molar-refractivity contribution is -0.129. The van der Waals surface area contributed by atoms with Crippen molar-refractivity contribution < 1.29 is 9.53 Å². The molecule has 1 atom stereocenters. The molecule has 1 aromatic carbocycles. The fraction of sp³-hybridized carbons (Fsp3) is 0.462. The van der Waals surface area contributed by atoms with E-state index in [1.807, 2.05) is 19.1 Å². The van der Waals surface area contributed by atoms with Crippen molar-refractivity contribution in [1.29, 1.82) is 0 Å². The number of amides is 1. The molecule has 5 heteroatoms. The summed E-state index contributed by atoms with van der Waals surface area (Å²) >= 11 is 3.41. The Balaban J connectivity index is 2.11. The number of carbonyl (C=O) groups is 1. The van der Waals surface area contributed by atoms with Gasteiger partial charge in [0.1, 0.15) is 6.10 Å². The molecular formula is C13H17BrN2O2. The van der Waals surface area contributed by atoms with E-state index in [0.717, 1.165) is 29.3 Å². The molecule has 3 N–H and O–H groups in total. The Labute approximate surface area is 115 Å². The highest BCUT2D eigenvalue weighted by Gasteiger charge is 2.23. The summed E-state index contributed by atoms with van der Waals surface area (Å²) in [4.78, 5) is 12.0. The number of nitrogens with one attached hydrogen (secondary N) is 1. The van der Waals surface area contributed by atoms with E-state index in [1.54, 1.807) is 0 Å². The van der Waals surface area contributed by atoms with Crippen LogP contribution in [0.4, 0.5) is 11.4 Å². The van der Waals surface area contributed by atoms with Crippen molar-refractivity contribution in [2.75, 3.05) is 17.7 Å². The van der Waals surface area contributed by atoms with Crippen molar-refractivity contribution in [2.24, 2.45) is 0 Å². The van der Waals surface area contributed by atoms with Crippen LogP contribution in [0.2, 0.25) is 0 Å². The number of aryl methyl sites for hydroxylation is 1. The van der Waals surface area contributed by atoms with Gasteiger partial charge in [-0.2, -0.15) is 0 Å². The molecule has 0 saturated carbocycles. The summed E-state index contributed by atoms with van der Waals surface area (Å²) in [6.45, 7) is 2.61. The molecule has 1 unspecified atom stereocenters. The fourth-order valence-corrected chi connectivity index (χ4v) is 2.74. The normalized spacial score (nSPS) is 19.6. The van der Waals surface area contributed by atoms with E-state index in [2.05, 4.69) is 21.2 Å². The third-order valence-electron chi connectivity index (χ3n) is 2.99. The van der Waals surface area contributed by atoms with Crippen LogP contribution in [0.3, 0.4) is 0 Å². The smallest absolute Gasteiger partial charge is 0.253 e. The molecule has 0 bridgehead atoms. The van der Waals surface area contributed by atoms with E-state index in [4.69, 9.17) is 10.5 Å². The molecule has 98 valence electrons. The van der Waals surface area contributed by atoms with E-state index in [-0.39, 0.29) is 12.0 Å². The molecular weight excluding hydrogens is 296 g/mol. The lowest BCUT2D eigenvalue weighted by atomic mass is 10.1.